The summed E-state index contributed by atoms with van der Waals surface area (Å²) in [5, 5.41) is 15.0. The van der Waals surface area contributed by atoms with Crippen molar-refractivity contribution in [3.8, 4) is 6.07 Å². The molecule has 1 N–H and O–H groups in total. The highest BCUT2D eigenvalue weighted by Crippen LogP contribution is 2.15. The number of hydrogen-bond donors (Lipinski definition) is 1. The van der Waals surface area contributed by atoms with Crippen LogP contribution in [0.1, 0.15) is 30.5 Å². The van der Waals surface area contributed by atoms with E-state index in [0.717, 1.165) is 42.9 Å². The zero-order valence-electron chi connectivity index (χ0n) is 11.8. The first-order chi connectivity index (χ1) is 9.72. The lowest BCUT2D eigenvalue weighted by Gasteiger charge is -2.29. The van der Waals surface area contributed by atoms with Crippen molar-refractivity contribution >= 4 is 17.4 Å². The molecule has 0 spiro atoms. The number of nitriles is 1. The van der Waals surface area contributed by atoms with Gasteiger partial charge in [0.2, 0.25) is 0 Å². The lowest BCUT2D eigenvalue weighted by molar-refractivity contribution is 0.176. The average Bonchev–Trinajstić information content (AvgIpc) is 2.95. The van der Waals surface area contributed by atoms with Gasteiger partial charge in [0.25, 0.3) is 0 Å². The highest BCUT2D eigenvalue weighted by Gasteiger charge is 2.22. The third kappa shape index (κ3) is 3.94. The molecule has 1 atom stereocenters. The Bertz CT molecular complexity index is 494. The number of hydrogen-bond acceptors (Lipinski definition) is 4. The molecule has 2 heterocycles. The summed E-state index contributed by atoms with van der Waals surface area (Å²) in [6.07, 6.45) is 3.54. The second-order valence-corrected chi connectivity index (χ2v) is 5.92. The number of rotatable bonds is 4. The first-order valence-electron chi connectivity index (χ1n) is 7.08. The van der Waals surface area contributed by atoms with Crippen LogP contribution in [-0.4, -0.2) is 35.5 Å². The summed E-state index contributed by atoms with van der Waals surface area (Å²) in [5.41, 5.74) is 1.12. The fraction of sp³-hybridized carbons (Fsp3) is 0.643. The number of aromatic nitrogens is 1. The predicted molar refractivity (Wildman–Crippen MR) is 78.5 cm³/mol. The van der Waals surface area contributed by atoms with Crippen LogP contribution in [0, 0.1) is 17.2 Å². The van der Waals surface area contributed by atoms with Crippen molar-refractivity contribution in [2.24, 2.45) is 5.92 Å². The molecule has 108 valence electrons. The Kier molecular flexibility index (Phi) is 5.36. The second kappa shape index (κ2) is 7.25. The molecule has 20 heavy (non-hydrogen) atoms. The molecule has 0 aromatic carbocycles. The number of carbonyl (C=O) groups is 1. The van der Waals surface area contributed by atoms with E-state index in [-0.39, 0.29) is 11.9 Å². The van der Waals surface area contributed by atoms with Crippen LogP contribution in [0.3, 0.4) is 0 Å². The summed E-state index contributed by atoms with van der Waals surface area (Å²) in [7, 11) is 0. The van der Waals surface area contributed by atoms with Crippen molar-refractivity contribution in [3.05, 3.63) is 16.1 Å². The summed E-state index contributed by atoms with van der Waals surface area (Å²) >= 11 is 1.65. The number of urea groups is 1. The maximum Gasteiger partial charge on any atom is 0.317 e. The number of likely N-dealkylation sites (tertiary alicyclic amines) is 1. The maximum absolute atomic E-state index is 12.0. The Morgan fingerprint density at radius 2 is 2.55 bits per heavy atom. The van der Waals surface area contributed by atoms with Gasteiger partial charge in [0.15, 0.2) is 0 Å². The van der Waals surface area contributed by atoms with Gasteiger partial charge in [-0.05, 0) is 19.3 Å². The van der Waals surface area contributed by atoms with Gasteiger partial charge in [-0.25, -0.2) is 9.78 Å². The quantitative estimate of drug-likeness (QED) is 0.925. The minimum absolute atomic E-state index is 0.0134. The first kappa shape index (κ1) is 14.8. The van der Waals surface area contributed by atoms with Gasteiger partial charge in [0.1, 0.15) is 0 Å². The molecule has 0 radical (unpaired) electrons. The van der Waals surface area contributed by atoms with E-state index in [1.807, 2.05) is 0 Å². The van der Waals surface area contributed by atoms with Crippen LogP contribution >= 0.6 is 11.3 Å². The molecule has 2 amide bonds. The average molecular weight is 292 g/mol. The predicted octanol–water partition coefficient (Wildman–Crippen LogP) is 2.19. The molecule has 0 aliphatic carbocycles. The van der Waals surface area contributed by atoms with Crippen LogP contribution in [0.4, 0.5) is 4.79 Å². The standard InChI is InChI=1S/C14H20N4OS/c1-2-12-10-20-13(17-12)5-6-16-14(19)18-7-3-4-11(8-15)9-18/h10-11H,2-7,9H2,1H3,(H,16,19)/t11-/m0/s1. The Morgan fingerprint density at radius 1 is 1.70 bits per heavy atom. The van der Waals surface area contributed by atoms with Gasteiger partial charge >= 0.3 is 6.03 Å². The highest BCUT2D eigenvalue weighted by atomic mass is 32.1. The Hall–Kier alpha value is -1.61. The van der Waals surface area contributed by atoms with E-state index < -0.39 is 0 Å². The Morgan fingerprint density at radius 3 is 3.25 bits per heavy atom. The van der Waals surface area contributed by atoms with Crippen LogP contribution in [0.5, 0.6) is 0 Å². The van der Waals surface area contributed by atoms with Gasteiger partial charge in [0.05, 0.1) is 22.7 Å². The highest BCUT2D eigenvalue weighted by molar-refractivity contribution is 7.09. The van der Waals surface area contributed by atoms with Crippen LogP contribution in [0.15, 0.2) is 5.38 Å². The fourth-order valence-electron chi connectivity index (χ4n) is 2.28. The van der Waals surface area contributed by atoms with Crippen molar-refractivity contribution in [1.82, 2.24) is 15.2 Å². The van der Waals surface area contributed by atoms with Gasteiger partial charge in [-0.2, -0.15) is 5.26 Å². The van der Waals surface area contributed by atoms with E-state index in [1.54, 1.807) is 16.2 Å². The third-order valence-corrected chi connectivity index (χ3v) is 4.43. The molecule has 0 unspecified atom stereocenters. The molecule has 2 rings (SSSR count). The summed E-state index contributed by atoms with van der Waals surface area (Å²) in [4.78, 5) is 18.2. The van der Waals surface area contributed by atoms with Gasteiger partial charge in [-0.3, -0.25) is 0 Å². The number of nitrogens with one attached hydrogen (secondary N) is 1. The summed E-state index contributed by atoms with van der Waals surface area (Å²) in [6, 6.07) is 2.19. The SMILES string of the molecule is CCc1csc(CCNC(=O)N2CCC[C@@H](C#N)C2)n1. The molecule has 1 aliphatic heterocycles. The van der Waals surface area contributed by atoms with Gasteiger partial charge in [-0.1, -0.05) is 6.92 Å². The van der Waals surface area contributed by atoms with E-state index in [1.165, 1.54) is 0 Å². The molecule has 1 aromatic rings. The number of carbonyl (C=O) groups excluding carboxylic acids is 1. The third-order valence-electron chi connectivity index (χ3n) is 3.47. The molecule has 0 saturated carbocycles. The minimum Gasteiger partial charge on any atom is -0.338 e. The van der Waals surface area contributed by atoms with Gasteiger partial charge in [0, 0.05) is 31.4 Å². The van der Waals surface area contributed by atoms with Crippen LogP contribution < -0.4 is 5.32 Å². The largest absolute Gasteiger partial charge is 0.338 e. The zero-order chi connectivity index (χ0) is 14.4. The monoisotopic (exact) mass is 292 g/mol. The van der Waals surface area contributed by atoms with Crippen LogP contribution in [-0.2, 0) is 12.8 Å². The van der Waals surface area contributed by atoms with Crippen molar-refractivity contribution < 1.29 is 4.79 Å². The molecule has 6 heteroatoms. The summed E-state index contributed by atoms with van der Waals surface area (Å²) in [6.45, 7) is 3.99. The van der Waals surface area contributed by atoms with Crippen molar-refractivity contribution in [2.45, 2.75) is 32.6 Å². The second-order valence-electron chi connectivity index (χ2n) is 4.98. The normalized spacial score (nSPS) is 18.6. The van der Waals surface area contributed by atoms with E-state index in [9.17, 15) is 4.79 Å². The molecule has 0 bridgehead atoms. The van der Waals surface area contributed by atoms with Crippen LogP contribution in [0.2, 0.25) is 0 Å². The van der Waals surface area contributed by atoms with E-state index in [2.05, 4.69) is 28.7 Å². The molecule has 5 nitrogen and oxygen atoms in total. The topological polar surface area (TPSA) is 69.0 Å². The van der Waals surface area contributed by atoms with E-state index in [4.69, 9.17) is 5.26 Å². The van der Waals surface area contributed by atoms with E-state index in [0.29, 0.717) is 13.1 Å². The Balaban J connectivity index is 1.73. The lowest BCUT2D eigenvalue weighted by Crippen LogP contribution is -2.45. The van der Waals surface area contributed by atoms with Crippen molar-refractivity contribution in [1.29, 1.82) is 5.26 Å². The maximum atomic E-state index is 12.0. The van der Waals surface area contributed by atoms with Gasteiger partial charge in [-0.15, -0.1) is 11.3 Å². The summed E-state index contributed by atoms with van der Waals surface area (Å²) in [5.74, 6) is -0.0134. The van der Waals surface area contributed by atoms with Crippen molar-refractivity contribution in [2.75, 3.05) is 19.6 Å². The molecule has 1 fully saturated rings. The fourth-order valence-corrected chi connectivity index (χ4v) is 3.16. The van der Waals surface area contributed by atoms with Gasteiger partial charge < -0.3 is 10.2 Å². The zero-order valence-corrected chi connectivity index (χ0v) is 12.6. The summed E-state index contributed by atoms with van der Waals surface area (Å²) < 4.78 is 0. The van der Waals surface area contributed by atoms with Crippen molar-refractivity contribution in [3.63, 3.8) is 0 Å². The number of thiazole rings is 1. The minimum atomic E-state index is -0.0581. The molecule has 1 saturated heterocycles. The number of piperidine rings is 1. The number of nitrogens with zero attached hydrogens (tertiary/aromatic N) is 3. The first-order valence-corrected chi connectivity index (χ1v) is 7.96. The molecule has 1 aliphatic rings. The molecular weight excluding hydrogens is 272 g/mol. The number of amides is 2. The Labute approximate surface area is 123 Å². The number of aryl methyl sites for hydroxylation is 1. The lowest BCUT2D eigenvalue weighted by atomic mass is 10.0. The molecular formula is C14H20N4OS. The van der Waals surface area contributed by atoms with E-state index >= 15 is 0 Å². The smallest absolute Gasteiger partial charge is 0.317 e. The van der Waals surface area contributed by atoms with Crippen LogP contribution in [0.25, 0.3) is 0 Å². The molecule has 1 aromatic heterocycles.